The molecule has 0 heterocycles. The first kappa shape index (κ1) is 8.34. The SMILES string of the molecule is O=CN(Cl)CC(Cl)Cl. The van der Waals surface area contributed by atoms with Crippen LogP contribution in [0.25, 0.3) is 0 Å². The molecule has 0 aliphatic carbocycles. The summed E-state index contributed by atoms with van der Waals surface area (Å²) in [6.07, 6.45) is 0.444. The van der Waals surface area contributed by atoms with E-state index in [1.807, 2.05) is 0 Å². The monoisotopic (exact) mass is 175 g/mol. The van der Waals surface area contributed by atoms with E-state index >= 15 is 0 Å². The molecule has 0 aliphatic heterocycles. The molecule has 0 aromatic carbocycles. The van der Waals surface area contributed by atoms with Gasteiger partial charge in [0, 0.05) is 11.8 Å². The van der Waals surface area contributed by atoms with Crippen molar-refractivity contribution in [2.24, 2.45) is 0 Å². The second-order valence-corrected chi connectivity index (χ2v) is 2.79. The van der Waals surface area contributed by atoms with Crippen molar-refractivity contribution in [3.63, 3.8) is 0 Å². The third kappa shape index (κ3) is 4.50. The van der Waals surface area contributed by atoms with Crippen molar-refractivity contribution < 1.29 is 4.79 Å². The van der Waals surface area contributed by atoms with Gasteiger partial charge in [-0.2, -0.15) is 0 Å². The van der Waals surface area contributed by atoms with Crippen LogP contribution in [0.1, 0.15) is 0 Å². The summed E-state index contributed by atoms with van der Waals surface area (Å²) in [6.45, 7) is 0.147. The highest BCUT2D eigenvalue weighted by Gasteiger charge is 2.02. The number of alkyl halides is 2. The number of carbonyl (C=O) groups is 1. The second kappa shape index (κ2) is 4.24. The number of carbonyl (C=O) groups excluding carboxylic acids is 1. The molecule has 0 saturated carbocycles. The maximum Gasteiger partial charge on any atom is 0.224 e. The van der Waals surface area contributed by atoms with Gasteiger partial charge < -0.3 is 0 Å². The smallest absolute Gasteiger partial charge is 0.224 e. The van der Waals surface area contributed by atoms with E-state index in [-0.39, 0.29) is 6.54 Å². The maximum absolute atomic E-state index is 9.72. The van der Waals surface area contributed by atoms with Crippen molar-refractivity contribution in [1.82, 2.24) is 4.42 Å². The molecule has 0 radical (unpaired) electrons. The Morgan fingerprint density at radius 3 is 2.25 bits per heavy atom. The van der Waals surface area contributed by atoms with Gasteiger partial charge in [-0.05, 0) is 0 Å². The molecule has 1 amide bonds. The van der Waals surface area contributed by atoms with E-state index in [9.17, 15) is 4.79 Å². The van der Waals surface area contributed by atoms with Crippen molar-refractivity contribution in [1.29, 1.82) is 0 Å². The fourth-order valence-corrected chi connectivity index (χ4v) is 0.752. The van der Waals surface area contributed by atoms with E-state index in [1.165, 1.54) is 0 Å². The number of halogens is 3. The highest BCUT2D eigenvalue weighted by Crippen LogP contribution is 2.03. The molecule has 0 saturated heterocycles. The van der Waals surface area contributed by atoms with Gasteiger partial charge >= 0.3 is 0 Å². The van der Waals surface area contributed by atoms with Crippen LogP contribution >= 0.6 is 35.0 Å². The van der Waals surface area contributed by atoms with E-state index in [1.54, 1.807) is 0 Å². The van der Waals surface area contributed by atoms with Gasteiger partial charge in [0.1, 0.15) is 4.84 Å². The summed E-state index contributed by atoms with van der Waals surface area (Å²) in [5.74, 6) is 0. The minimum atomic E-state index is -0.613. The Hall–Kier alpha value is 0.340. The number of nitrogens with zero attached hydrogens (tertiary/aromatic N) is 1. The summed E-state index contributed by atoms with van der Waals surface area (Å²) < 4.78 is 0.852. The van der Waals surface area contributed by atoms with Gasteiger partial charge in [0.15, 0.2) is 0 Å². The quantitative estimate of drug-likeness (QED) is 0.362. The number of hydrogen-bond donors (Lipinski definition) is 0. The van der Waals surface area contributed by atoms with Crippen LogP contribution in [-0.2, 0) is 4.79 Å². The predicted molar refractivity (Wildman–Crippen MR) is 34.1 cm³/mol. The molecule has 0 N–H and O–H groups in total. The normalized spacial score (nSPS) is 9.50. The van der Waals surface area contributed by atoms with Gasteiger partial charge in [-0.1, -0.05) is 0 Å². The molecule has 0 fully saturated rings. The van der Waals surface area contributed by atoms with Crippen LogP contribution in [0, 0.1) is 0 Å². The molecule has 2 nitrogen and oxygen atoms in total. The molecule has 0 spiro atoms. The van der Waals surface area contributed by atoms with E-state index in [2.05, 4.69) is 0 Å². The van der Waals surface area contributed by atoms with Gasteiger partial charge in [0.05, 0.1) is 6.54 Å². The van der Waals surface area contributed by atoms with Gasteiger partial charge in [0.25, 0.3) is 0 Å². The Morgan fingerprint density at radius 2 is 2.12 bits per heavy atom. The summed E-state index contributed by atoms with van der Waals surface area (Å²) in [5.41, 5.74) is 0. The molecular weight excluding hydrogens is 172 g/mol. The zero-order valence-corrected chi connectivity index (χ0v) is 6.12. The number of amides is 1. The van der Waals surface area contributed by atoms with E-state index in [0.29, 0.717) is 6.41 Å². The molecular formula is C3H4Cl3NO. The van der Waals surface area contributed by atoms with E-state index in [0.717, 1.165) is 4.42 Å². The molecule has 5 heteroatoms. The molecule has 0 aromatic rings. The third-order valence-corrected chi connectivity index (χ3v) is 0.921. The first-order valence-corrected chi connectivity index (χ1v) is 3.03. The van der Waals surface area contributed by atoms with Crippen molar-refractivity contribution in [2.75, 3.05) is 6.54 Å². The van der Waals surface area contributed by atoms with E-state index in [4.69, 9.17) is 35.0 Å². The zero-order chi connectivity index (χ0) is 6.57. The van der Waals surface area contributed by atoms with Crippen molar-refractivity contribution >= 4 is 41.4 Å². The fourth-order valence-electron chi connectivity index (χ4n) is 0.175. The van der Waals surface area contributed by atoms with Crippen LogP contribution in [0.15, 0.2) is 0 Å². The van der Waals surface area contributed by atoms with Crippen molar-refractivity contribution in [3.05, 3.63) is 0 Å². The zero-order valence-electron chi connectivity index (χ0n) is 3.85. The highest BCUT2D eigenvalue weighted by molar-refractivity contribution is 6.44. The fraction of sp³-hybridized carbons (Fsp3) is 0.667. The average molecular weight is 176 g/mol. The van der Waals surface area contributed by atoms with Gasteiger partial charge in [-0.15, -0.1) is 23.2 Å². The first-order valence-electron chi connectivity index (χ1n) is 1.82. The lowest BCUT2D eigenvalue weighted by molar-refractivity contribution is -0.114. The summed E-state index contributed by atoms with van der Waals surface area (Å²) in [7, 11) is 0. The Bertz CT molecular complexity index is 76.9. The van der Waals surface area contributed by atoms with Gasteiger partial charge in [0.2, 0.25) is 6.41 Å². The molecule has 0 unspecified atom stereocenters. The lowest BCUT2D eigenvalue weighted by atomic mass is 10.7. The van der Waals surface area contributed by atoms with Crippen LogP contribution in [0.2, 0.25) is 0 Å². The molecule has 0 atom stereocenters. The van der Waals surface area contributed by atoms with Crippen LogP contribution in [0.4, 0.5) is 0 Å². The van der Waals surface area contributed by atoms with Crippen LogP contribution < -0.4 is 0 Å². The average Bonchev–Trinajstić information content (AvgIpc) is 1.65. The minimum absolute atomic E-state index is 0.147. The Kier molecular flexibility index (Phi) is 4.42. The standard InChI is InChI=1S/C3H4Cl3NO/c4-3(5)1-7(6)2-8/h2-3H,1H2. The highest BCUT2D eigenvalue weighted by atomic mass is 35.5. The lowest BCUT2D eigenvalue weighted by Crippen LogP contribution is -2.15. The lowest BCUT2D eigenvalue weighted by Gasteiger charge is -2.05. The largest absolute Gasteiger partial charge is 0.277 e. The third-order valence-electron chi connectivity index (χ3n) is 0.427. The summed E-state index contributed by atoms with van der Waals surface area (Å²) in [6, 6.07) is 0. The second-order valence-electron chi connectivity index (χ2n) is 1.08. The van der Waals surface area contributed by atoms with Crippen molar-refractivity contribution in [3.8, 4) is 0 Å². The van der Waals surface area contributed by atoms with Gasteiger partial charge in [-0.3, -0.25) is 9.21 Å². The Morgan fingerprint density at radius 1 is 1.62 bits per heavy atom. The Labute approximate surface area is 62.4 Å². The van der Waals surface area contributed by atoms with Gasteiger partial charge in [-0.25, -0.2) is 0 Å². The summed E-state index contributed by atoms with van der Waals surface area (Å²) in [4.78, 5) is 9.10. The topological polar surface area (TPSA) is 20.3 Å². The Balaban J connectivity index is 3.23. The van der Waals surface area contributed by atoms with E-state index < -0.39 is 4.84 Å². The first-order chi connectivity index (χ1) is 3.66. The van der Waals surface area contributed by atoms with Crippen LogP contribution in [0.5, 0.6) is 0 Å². The molecule has 0 aromatic heterocycles. The van der Waals surface area contributed by atoms with Crippen LogP contribution in [0.3, 0.4) is 0 Å². The maximum atomic E-state index is 9.72. The summed E-state index contributed by atoms with van der Waals surface area (Å²) >= 11 is 15.6. The molecule has 0 aliphatic rings. The summed E-state index contributed by atoms with van der Waals surface area (Å²) in [5, 5.41) is 0. The number of rotatable bonds is 3. The molecule has 48 valence electrons. The molecule has 0 bridgehead atoms. The minimum Gasteiger partial charge on any atom is -0.277 e. The van der Waals surface area contributed by atoms with Crippen molar-refractivity contribution in [2.45, 2.75) is 4.84 Å². The number of hydrogen-bond acceptors (Lipinski definition) is 1. The predicted octanol–water partition coefficient (Wildman–Crippen LogP) is 1.40. The molecule has 8 heavy (non-hydrogen) atoms. The van der Waals surface area contributed by atoms with Crippen LogP contribution in [-0.4, -0.2) is 22.2 Å². The molecule has 0 rings (SSSR count).